The number of aliphatic hydroxyl groups is 1. The molecule has 6 heteroatoms. The largest absolute Gasteiger partial charge is 0.390 e. The van der Waals surface area contributed by atoms with Gasteiger partial charge in [0, 0.05) is 18.2 Å². The SMILES string of the molecule is CCc1cccc(C(C)(C)NC[C@@H](O)[C@H](Cc2cc(F)cc(F)c2)NC=O)c1. The Kier molecular flexibility index (Phi) is 7.66. The van der Waals surface area contributed by atoms with Crippen molar-refractivity contribution >= 4 is 6.41 Å². The molecule has 0 radical (unpaired) electrons. The van der Waals surface area contributed by atoms with E-state index in [1.54, 1.807) is 0 Å². The van der Waals surface area contributed by atoms with Crippen LogP contribution < -0.4 is 10.6 Å². The first-order valence-electron chi connectivity index (χ1n) is 9.42. The van der Waals surface area contributed by atoms with E-state index in [-0.39, 0.29) is 13.0 Å². The van der Waals surface area contributed by atoms with Crippen molar-refractivity contribution < 1.29 is 18.7 Å². The van der Waals surface area contributed by atoms with Crippen LogP contribution in [0.1, 0.15) is 37.5 Å². The van der Waals surface area contributed by atoms with Crippen molar-refractivity contribution in [3.63, 3.8) is 0 Å². The van der Waals surface area contributed by atoms with Gasteiger partial charge in [0.15, 0.2) is 0 Å². The van der Waals surface area contributed by atoms with Crippen molar-refractivity contribution in [3.8, 4) is 0 Å². The number of aryl methyl sites for hydroxylation is 1. The maximum atomic E-state index is 13.4. The van der Waals surface area contributed by atoms with E-state index < -0.39 is 29.3 Å². The van der Waals surface area contributed by atoms with Crippen LogP contribution in [-0.4, -0.2) is 30.2 Å². The summed E-state index contributed by atoms with van der Waals surface area (Å²) in [5.74, 6) is -1.38. The number of hydrogen-bond donors (Lipinski definition) is 3. The molecule has 0 saturated heterocycles. The first-order valence-corrected chi connectivity index (χ1v) is 9.42. The lowest BCUT2D eigenvalue weighted by Crippen LogP contribution is -2.49. The van der Waals surface area contributed by atoms with Gasteiger partial charge in [0.25, 0.3) is 0 Å². The normalized spacial score (nSPS) is 13.8. The van der Waals surface area contributed by atoms with Crippen LogP contribution in [0.4, 0.5) is 8.78 Å². The van der Waals surface area contributed by atoms with Crippen LogP contribution in [0.5, 0.6) is 0 Å². The number of benzene rings is 2. The number of nitrogens with one attached hydrogen (secondary N) is 2. The molecule has 1 amide bonds. The maximum Gasteiger partial charge on any atom is 0.207 e. The smallest absolute Gasteiger partial charge is 0.207 e. The van der Waals surface area contributed by atoms with Gasteiger partial charge in [-0.15, -0.1) is 0 Å². The molecule has 0 aliphatic carbocycles. The average Bonchev–Trinajstić information content (AvgIpc) is 2.65. The molecule has 0 bridgehead atoms. The Hall–Kier alpha value is -2.31. The number of carbonyl (C=O) groups is 1. The second kappa shape index (κ2) is 9.75. The molecule has 0 unspecified atom stereocenters. The molecule has 0 fully saturated rings. The van der Waals surface area contributed by atoms with E-state index in [9.17, 15) is 18.7 Å². The van der Waals surface area contributed by atoms with E-state index >= 15 is 0 Å². The Morgan fingerprint density at radius 3 is 2.39 bits per heavy atom. The number of carbonyl (C=O) groups excluding carboxylic acids is 1. The Labute approximate surface area is 165 Å². The monoisotopic (exact) mass is 390 g/mol. The maximum absolute atomic E-state index is 13.4. The van der Waals surface area contributed by atoms with Crippen LogP contribution >= 0.6 is 0 Å². The quantitative estimate of drug-likeness (QED) is 0.547. The summed E-state index contributed by atoms with van der Waals surface area (Å²) in [7, 11) is 0. The van der Waals surface area contributed by atoms with E-state index in [0.29, 0.717) is 12.0 Å². The van der Waals surface area contributed by atoms with Crippen molar-refractivity contribution in [1.29, 1.82) is 0 Å². The zero-order valence-electron chi connectivity index (χ0n) is 16.5. The molecule has 4 nitrogen and oxygen atoms in total. The third kappa shape index (κ3) is 6.11. The molecule has 0 aliphatic rings. The Morgan fingerprint density at radius 1 is 1.11 bits per heavy atom. The summed E-state index contributed by atoms with van der Waals surface area (Å²) in [5.41, 5.74) is 2.28. The van der Waals surface area contributed by atoms with Gasteiger partial charge < -0.3 is 15.7 Å². The molecule has 0 heterocycles. The van der Waals surface area contributed by atoms with E-state index in [4.69, 9.17) is 0 Å². The van der Waals surface area contributed by atoms with E-state index in [1.165, 1.54) is 17.7 Å². The van der Waals surface area contributed by atoms with Gasteiger partial charge in [0.05, 0.1) is 12.1 Å². The van der Waals surface area contributed by atoms with Crippen LogP contribution in [0.15, 0.2) is 42.5 Å². The van der Waals surface area contributed by atoms with E-state index in [1.807, 2.05) is 26.0 Å². The molecule has 152 valence electrons. The number of rotatable bonds is 10. The Balaban J connectivity index is 2.06. The summed E-state index contributed by atoms with van der Waals surface area (Å²) in [6.07, 6.45) is 0.592. The fourth-order valence-electron chi connectivity index (χ4n) is 3.16. The second-order valence-corrected chi connectivity index (χ2v) is 7.50. The molecule has 2 rings (SSSR count). The van der Waals surface area contributed by atoms with Gasteiger partial charge >= 0.3 is 0 Å². The number of aliphatic hydroxyl groups excluding tert-OH is 1. The number of amides is 1. The lowest BCUT2D eigenvalue weighted by Gasteiger charge is -2.31. The Bertz CT molecular complexity index is 776. The summed E-state index contributed by atoms with van der Waals surface area (Å²) >= 11 is 0. The highest BCUT2D eigenvalue weighted by Crippen LogP contribution is 2.21. The van der Waals surface area contributed by atoms with Crippen LogP contribution in [0.3, 0.4) is 0 Å². The minimum Gasteiger partial charge on any atom is -0.390 e. The summed E-state index contributed by atoms with van der Waals surface area (Å²) in [5, 5.41) is 16.4. The summed E-state index contributed by atoms with van der Waals surface area (Å²) in [6, 6.07) is 10.7. The molecular weight excluding hydrogens is 362 g/mol. The number of hydrogen-bond acceptors (Lipinski definition) is 3. The number of halogens is 2. The summed E-state index contributed by atoms with van der Waals surface area (Å²) in [4.78, 5) is 10.9. The molecule has 0 aliphatic heterocycles. The molecule has 0 saturated carbocycles. The fourth-order valence-corrected chi connectivity index (χ4v) is 3.16. The van der Waals surface area contributed by atoms with E-state index in [0.717, 1.165) is 18.1 Å². The zero-order chi connectivity index (χ0) is 20.7. The minimum atomic E-state index is -0.940. The Morgan fingerprint density at radius 2 is 1.79 bits per heavy atom. The first-order chi connectivity index (χ1) is 13.2. The highest BCUT2D eigenvalue weighted by molar-refractivity contribution is 5.47. The van der Waals surface area contributed by atoms with Crippen LogP contribution in [0.2, 0.25) is 0 Å². The summed E-state index contributed by atoms with van der Waals surface area (Å²) in [6.45, 7) is 6.32. The van der Waals surface area contributed by atoms with E-state index in [2.05, 4.69) is 29.7 Å². The molecule has 2 atom stereocenters. The molecule has 0 spiro atoms. The molecule has 28 heavy (non-hydrogen) atoms. The molecule has 2 aromatic carbocycles. The van der Waals surface area contributed by atoms with Crippen molar-refractivity contribution in [1.82, 2.24) is 10.6 Å². The summed E-state index contributed by atoms with van der Waals surface area (Å²) < 4.78 is 26.8. The van der Waals surface area contributed by atoms with Gasteiger partial charge in [0.1, 0.15) is 11.6 Å². The van der Waals surface area contributed by atoms with Gasteiger partial charge in [-0.05, 0) is 55.5 Å². The highest BCUT2D eigenvalue weighted by atomic mass is 19.1. The predicted molar refractivity (Wildman–Crippen MR) is 106 cm³/mol. The van der Waals surface area contributed by atoms with Crippen molar-refractivity contribution in [2.24, 2.45) is 0 Å². The van der Waals surface area contributed by atoms with Gasteiger partial charge in [-0.25, -0.2) is 8.78 Å². The molecule has 2 aromatic rings. The van der Waals surface area contributed by atoms with Crippen molar-refractivity contribution in [3.05, 3.63) is 70.8 Å². The highest BCUT2D eigenvalue weighted by Gasteiger charge is 2.25. The third-order valence-electron chi connectivity index (χ3n) is 4.93. The molecular formula is C22H28F2N2O2. The third-order valence-corrected chi connectivity index (χ3v) is 4.93. The predicted octanol–water partition coefficient (Wildman–Crippen LogP) is 3.07. The standard InChI is InChI=1S/C22H28F2N2O2/c1-4-15-6-5-7-17(8-15)22(2,3)26-13-21(28)20(25-14-27)11-16-9-18(23)12-19(24)10-16/h5-10,12,14,20-21,26,28H,4,11,13H2,1-3H3,(H,25,27)/t20-,21+/m0/s1. The van der Waals surface area contributed by atoms with Crippen LogP contribution in [0.25, 0.3) is 0 Å². The topological polar surface area (TPSA) is 61.4 Å². The molecule has 0 aromatic heterocycles. The lowest BCUT2D eigenvalue weighted by atomic mass is 9.91. The zero-order valence-corrected chi connectivity index (χ0v) is 16.5. The second-order valence-electron chi connectivity index (χ2n) is 7.50. The van der Waals surface area contributed by atoms with Gasteiger partial charge in [-0.1, -0.05) is 31.2 Å². The van der Waals surface area contributed by atoms with Crippen molar-refractivity contribution in [2.45, 2.75) is 51.3 Å². The molecule has 3 N–H and O–H groups in total. The lowest BCUT2D eigenvalue weighted by molar-refractivity contribution is -0.110. The van der Waals surface area contributed by atoms with Crippen LogP contribution in [-0.2, 0) is 23.2 Å². The average molecular weight is 390 g/mol. The van der Waals surface area contributed by atoms with Gasteiger partial charge in [-0.2, -0.15) is 0 Å². The first kappa shape index (κ1) is 22.0. The minimum absolute atomic E-state index is 0.113. The van der Waals surface area contributed by atoms with Gasteiger partial charge in [-0.3, -0.25) is 4.79 Å². The fraction of sp³-hybridized carbons (Fsp3) is 0.409. The van der Waals surface area contributed by atoms with Gasteiger partial charge in [0.2, 0.25) is 6.41 Å². The van der Waals surface area contributed by atoms with Crippen molar-refractivity contribution in [2.75, 3.05) is 6.54 Å². The van der Waals surface area contributed by atoms with Crippen LogP contribution in [0, 0.1) is 11.6 Å².